The van der Waals surface area contributed by atoms with Crippen LogP contribution in [0.25, 0.3) is 0 Å². The second-order valence-corrected chi connectivity index (χ2v) is 5.39. The van der Waals surface area contributed by atoms with Crippen molar-refractivity contribution in [1.29, 1.82) is 0 Å². The predicted octanol–water partition coefficient (Wildman–Crippen LogP) is 2.61. The van der Waals surface area contributed by atoms with Gasteiger partial charge in [-0.05, 0) is 6.92 Å². The van der Waals surface area contributed by atoms with Gasteiger partial charge >= 0.3 is 6.18 Å². The molecule has 132 valence electrons. The van der Waals surface area contributed by atoms with E-state index < -0.39 is 12.8 Å². The maximum Gasteiger partial charge on any atom is 0.411 e. The zero-order valence-corrected chi connectivity index (χ0v) is 13.4. The van der Waals surface area contributed by atoms with Crippen LogP contribution < -0.4 is 5.32 Å². The SMILES string of the molecule is Cc1nn(CCC(=O)Nc2cnn(COCC(F)(F)F)c2)cc1Cl. The Kier molecular flexibility index (Phi) is 5.84. The molecule has 0 atom stereocenters. The first-order valence-corrected chi connectivity index (χ1v) is 7.27. The van der Waals surface area contributed by atoms with Gasteiger partial charge in [0.1, 0.15) is 13.3 Å². The number of halogens is 4. The maximum absolute atomic E-state index is 12.0. The van der Waals surface area contributed by atoms with Crippen LogP contribution in [0.1, 0.15) is 12.1 Å². The predicted molar refractivity (Wildman–Crippen MR) is 79.5 cm³/mol. The molecule has 0 saturated heterocycles. The first-order valence-electron chi connectivity index (χ1n) is 6.89. The molecule has 0 fully saturated rings. The Hall–Kier alpha value is -2.07. The van der Waals surface area contributed by atoms with E-state index in [2.05, 4.69) is 20.3 Å². The summed E-state index contributed by atoms with van der Waals surface area (Å²) in [6.07, 6.45) is 0.0956. The molecule has 2 aromatic heterocycles. The van der Waals surface area contributed by atoms with Gasteiger partial charge in [-0.2, -0.15) is 23.4 Å². The van der Waals surface area contributed by atoms with Crippen molar-refractivity contribution in [3.8, 4) is 0 Å². The van der Waals surface area contributed by atoms with E-state index in [9.17, 15) is 18.0 Å². The summed E-state index contributed by atoms with van der Waals surface area (Å²) in [5.41, 5.74) is 1.04. The van der Waals surface area contributed by atoms with Gasteiger partial charge in [-0.25, -0.2) is 4.68 Å². The van der Waals surface area contributed by atoms with Crippen LogP contribution in [0.15, 0.2) is 18.6 Å². The van der Waals surface area contributed by atoms with Crippen molar-refractivity contribution in [3.05, 3.63) is 29.3 Å². The highest BCUT2D eigenvalue weighted by atomic mass is 35.5. The Labute approximate surface area is 140 Å². The molecule has 0 radical (unpaired) electrons. The standard InChI is InChI=1S/C13H15ClF3N5O2/c1-9-11(14)6-21(20-9)3-2-12(23)19-10-4-18-22(5-10)8-24-7-13(15,16)17/h4-6H,2-3,7-8H2,1H3,(H,19,23). The number of ether oxygens (including phenoxy) is 1. The van der Waals surface area contributed by atoms with E-state index in [-0.39, 0.29) is 19.1 Å². The number of carbonyl (C=O) groups excluding carboxylic acids is 1. The molecule has 1 N–H and O–H groups in total. The third-order valence-electron chi connectivity index (χ3n) is 2.86. The first-order chi connectivity index (χ1) is 11.2. The van der Waals surface area contributed by atoms with E-state index in [1.54, 1.807) is 17.8 Å². The summed E-state index contributed by atoms with van der Waals surface area (Å²) in [5.74, 6) is -0.282. The molecule has 2 aromatic rings. The van der Waals surface area contributed by atoms with Gasteiger partial charge in [0.2, 0.25) is 5.91 Å². The highest BCUT2D eigenvalue weighted by Gasteiger charge is 2.27. The number of aryl methyl sites for hydroxylation is 2. The smallest absolute Gasteiger partial charge is 0.350 e. The summed E-state index contributed by atoms with van der Waals surface area (Å²) >= 11 is 5.87. The molecule has 0 saturated carbocycles. The summed E-state index contributed by atoms with van der Waals surface area (Å²) in [6, 6.07) is 0. The Balaban J connectivity index is 1.76. The van der Waals surface area contributed by atoms with Gasteiger partial charge < -0.3 is 10.1 Å². The van der Waals surface area contributed by atoms with Gasteiger partial charge in [0, 0.05) is 19.2 Å². The molecule has 1 amide bonds. The van der Waals surface area contributed by atoms with Gasteiger partial charge in [0.15, 0.2) is 0 Å². The van der Waals surface area contributed by atoms with Crippen LogP contribution in [0.4, 0.5) is 18.9 Å². The monoisotopic (exact) mass is 365 g/mol. The molecule has 0 unspecified atom stereocenters. The number of nitrogens with one attached hydrogen (secondary N) is 1. The normalized spacial score (nSPS) is 11.7. The summed E-state index contributed by atoms with van der Waals surface area (Å²) in [7, 11) is 0. The molecule has 11 heteroatoms. The molecule has 24 heavy (non-hydrogen) atoms. The van der Waals surface area contributed by atoms with Crippen LogP contribution in [0.2, 0.25) is 5.02 Å². The van der Waals surface area contributed by atoms with Crippen LogP contribution in [0, 0.1) is 6.92 Å². The Morgan fingerprint density at radius 1 is 1.38 bits per heavy atom. The zero-order chi connectivity index (χ0) is 17.7. The van der Waals surface area contributed by atoms with E-state index in [0.29, 0.717) is 22.9 Å². The van der Waals surface area contributed by atoms with Gasteiger partial charge in [0.05, 0.1) is 28.8 Å². The first kappa shape index (κ1) is 18.3. The zero-order valence-electron chi connectivity index (χ0n) is 12.7. The van der Waals surface area contributed by atoms with Gasteiger partial charge in [-0.15, -0.1) is 0 Å². The molecular formula is C13H15ClF3N5O2. The molecule has 0 aliphatic rings. The summed E-state index contributed by atoms with van der Waals surface area (Å²) in [5, 5.41) is 11.0. The topological polar surface area (TPSA) is 74.0 Å². The molecule has 0 aliphatic heterocycles. The number of nitrogens with zero attached hydrogens (tertiary/aromatic N) is 4. The maximum atomic E-state index is 12.0. The molecular weight excluding hydrogens is 351 g/mol. The molecule has 0 aliphatic carbocycles. The quantitative estimate of drug-likeness (QED) is 0.818. The number of alkyl halides is 3. The largest absolute Gasteiger partial charge is 0.411 e. The minimum atomic E-state index is -4.39. The van der Waals surface area contributed by atoms with Crippen LogP contribution in [-0.2, 0) is 22.8 Å². The summed E-state index contributed by atoms with van der Waals surface area (Å²) < 4.78 is 43.1. The number of hydrogen-bond donors (Lipinski definition) is 1. The van der Waals surface area contributed by atoms with Crippen LogP contribution >= 0.6 is 11.6 Å². The van der Waals surface area contributed by atoms with Crippen molar-refractivity contribution in [2.24, 2.45) is 0 Å². The molecule has 7 nitrogen and oxygen atoms in total. The van der Waals surface area contributed by atoms with Crippen molar-refractivity contribution in [1.82, 2.24) is 19.6 Å². The van der Waals surface area contributed by atoms with Gasteiger partial charge in [-0.3, -0.25) is 9.48 Å². The van der Waals surface area contributed by atoms with E-state index in [0.717, 1.165) is 4.68 Å². The van der Waals surface area contributed by atoms with E-state index >= 15 is 0 Å². The minimum Gasteiger partial charge on any atom is -0.350 e. The minimum absolute atomic E-state index is 0.160. The van der Waals surface area contributed by atoms with E-state index in [1.807, 2.05) is 0 Å². The Bertz CT molecular complexity index is 679. The van der Waals surface area contributed by atoms with Crippen molar-refractivity contribution in [3.63, 3.8) is 0 Å². The third-order valence-corrected chi connectivity index (χ3v) is 3.23. The number of rotatable bonds is 7. The fourth-order valence-electron chi connectivity index (χ4n) is 1.80. The summed E-state index contributed by atoms with van der Waals surface area (Å²) in [4.78, 5) is 11.8. The molecule has 2 heterocycles. The van der Waals surface area contributed by atoms with Gasteiger partial charge in [-0.1, -0.05) is 11.6 Å². The Morgan fingerprint density at radius 3 is 2.75 bits per heavy atom. The molecule has 2 rings (SSSR count). The summed E-state index contributed by atoms with van der Waals surface area (Å²) in [6.45, 7) is 0.386. The average molecular weight is 366 g/mol. The van der Waals surface area contributed by atoms with Crippen LogP contribution in [-0.4, -0.2) is 38.3 Å². The second kappa shape index (κ2) is 7.67. The fraction of sp³-hybridized carbons (Fsp3) is 0.462. The van der Waals surface area contributed by atoms with E-state index in [1.165, 1.54) is 12.4 Å². The van der Waals surface area contributed by atoms with Crippen LogP contribution in [0.5, 0.6) is 0 Å². The lowest BCUT2D eigenvalue weighted by molar-refractivity contribution is -0.182. The number of anilines is 1. The second-order valence-electron chi connectivity index (χ2n) is 4.98. The van der Waals surface area contributed by atoms with Gasteiger partial charge in [0.25, 0.3) is 0 Å². The highest BCUT2D eigenvalue weighted by Crippen LogP contribution is 2.15. The van der Waals surface area contributed by atoms with Crippen LogP contribution in [0.3, 0.4) is 0 Å². The number of hydrogen-bond acceptors (Lipinski definition) is 4. The highest BCUT2D eigenvalue weighted by molar-refractivity contribution is 6.31. The number of amides is 1. The molecule has 0 aromatic carbocycles. The molecule has 0 bridgehead atoms. The lowest BCUT2D eigenvalue weighted by atomic mass is 10.4. The third kappa shape index (κ3) is 5.85. The lowest BCUT2D eigenvalue weighted by Gasteiger charge is -2.07. The van der Waals surface area contributed by atoms with Crippen molar-refractivity contribution >= 4 is 23.2 Å². The fourth-order valence-corrected chi connectivity index (χ4v) is 1.95. The van der Waals surface area contributed by atoms with Crippen molar-refractivity contribution in [2.45, 2.75) is 32.8 Å². The van der Waals surface area contributed by atoms with E-state index in [4.69, 9.17) is 11.6 Å². The average Bonchev–Trinajstić information content (AvgIpc) is 3.03. The van der Waals surface area contributed by atoms with Crippen molar-refractivity contribution < 1.29 is 22.7 Å². The number of aromatic nitrogens is 4. The van der Waals surface area contributed by atoms with Crippen molar-refractivity contribution in [2.75, 3.05) is 11.9 Å². The number of carbonyl (C=O) groups is 1. The Morgan fingerprint density at radius 2 is 2.12 bits per heavy atom. The molecule has 0 spiro atoms. The lowest BCUT2D eigenvalue weighted by Crippen LogP contribution is -2.18.